The molecule has 0 radical (unpaired) electrons. The van der Waals surface area contributed by atoms with Gasteiger partial charge in [0.25, 0.3) is 5.91 Å². The molecular weight excluding hydrogens is 450 g/mol. The third kappa shape index (κ3) is 4.78. The molecule has 1 aliphatic heterocycles. The van der Waals surface area contributed by atoms with Gasteiger partial charge in [0.1, 0.15) is 11.5 Å². The molecule has 6 nitrogen and oxygen atoms in total. The van der Waals surface area contributed by atoms with Gasteiger partial charge in [-0.05, 0) is 48.6 Å². The van der Waals surface area contributed by atoms with E-state index in [1.807, 2.05) is 0 Å². The number of hydrogen-bond acceptors (Lipinski definition) is 6. The number of rotatable bonds is 4. The van der Waals surface area contributed by atoms with E-state index in [1.54, 1.807) is 13.8 Å². The number of hydrogen-bond donors (Lipinski definition) is 3. The quantitative estimate of drug-likeness (QED) is 0.602. The van der Waals surface area contributed by atoms with Gasteiger partial charge in [0.2, 0.25) is 0 Å². The van der Waals surface area contributed by atoms with E-state index in [1.165, 1.54) is 42.2 Å². The number of pyridine rings is 1. The van der Waals surface area contributed by atoms with Crippen LogP contribution in [0.1, 0.15) is 36.3 Å². The summed E-state index contributed by atoms with van der Waals surface area (Å²) in [5.41, 5.74) is 6.34. The third-order valence-electron chi connectivity index (χ3n) is 4.63. The minimum atomic E-state index is -0.998. The molecule has 0 fully saturated rings. The molecule has 1 amide bonds. The number of carbonyl (C=O) groups is 1. The highest BCUT2D eigenvalue weighted by molar-refractivity contribution is 8.17. The molecule has 4 N–H and O–H groups in total. The summed E-state index contributed by atoms with van der Waals surface area (Å²) in [6, 6.07) is 5.61. The number of aromatic nitrogens is 1. The van der Waals surface area contributed by atoms with Crippen LogP contribution in [0.4, 0.5) is 10.1 Å². The fourth-order valence-corrected chi connectivity index (χ4v) is 4.61. The van der Waals surface area contributed by atoms with Crippen LogP contribution < -0.4 is 11.1 Å². The summed E-state index contributed by atoms with van der Waals surface area (Å²) in [5, 5.41) is 12.8. The number of nitrogens with two attached hydrogens (primary N) is 1. The number of aliphatic imine (C=N–C) groups is 1. The van der Waals surface area contributed by atoms with Gasteiger partial charge < -0.3 is 16.2 Å². The van der Waals surface area contributed by atoms with Crippen molar-refractivity contribution in [3.63, 3.8) is 0 Å². The van der Waals surface area contributed by atoms with Crippen LogP contribution in [-0.4, -0.2) is 27.8 Å². The van der Waals surface area contributed by atoms with Gasteiger partial charge in [0.15, 0.2) is 5.17 Å². The first-order valence-corrected chi connectivity index (χ1v) is 10.5. The van der Waals surface area contributed by atoms with Crippen molar-refractivity contribution in [2.45, 2.75) is 25.8 Å². The Kier molecular flexibility index (Phi) is 6.71. The highest BCUT2D eigenvalue weighted by Gasteiger charge is 2.35. The van der Waals surface area contributed by atoms with E-state index in [9.17, 15) is 14.3 Å². The van der Waals surface area contributed by atoms with Crippen molar-refractivity contribution in [2.75, 3.05) is 11.9 Å². The van der Waals surface area contributed by atoms with Crippen LogP contribution in [0.5, 0.6) is 0 Å². The van der Waals surface area contributed by atoms with Gasteiger partial charge in [-0.25, -0.2) is 9.37 Å². The van der Waals surface area contributed by atoms with E-state index >= 15 is 0 Å². The summed E-state index contributed by atoms with van der Waals surface area (Å²) in [5.74, 6) is -1.04. The van der Waals surface area contributed by atoms with Gasteiger partial charge in [-0.1, -0.05) is 35.0 Å². The fourth-order valence-electron chi connectivity index (χ4n) is 3.05. The van der Waals surface area contributed by atoms with Gasteiger partial charge in [0, 0.05) is 23.9 Å². The number of anilines is 1. The maximum atomic E-state index is 14.8. The van der Waals surface area contributed by atoms with E-state index in [4.69, 9.17) is 28.9 Å². The van der Waals surface area contributed by atoms with Gasteiger partial charge in [-0.2, -0.15) is 0 Å². The van der Waals surface area contributed by atoms with Crippen LogP contribution in [0.2, 0.25) is 10.0 Å². The van der Waals surface area contributed by atoms with Gasteiger partial charge in [-0.15, -0.1) is 0 Å². The number of carbonyl (C=O) groups excluding carboxylic acids is 1. The Labute approximate surface area is 187 Å². The molecule has 10 heteroatoms. The minimum absolute atomic E-state index is 0.00160. The van der Waals surface area contributed by atoms with Crippen molar-refractivity contribution < 1.29 is 14.3 Å². The van der Waals surface area contributed by atoms with E-state index in [-0.39, 0.29) is 28.1 Å². The molecule has 158 valence electrons. The lowest BCUT2D eigenvalue weighted by Gasteiger charge is -2.32. The Balaban J connectivity index is 1.95. The topological polar surface area (TPSA) is 101 Å². The first kappa shape index (κ1) is 22.6. The van der Waals surface area contributed by atoms with Gasteiger partial charge >= 0.3 is 0 Å². The molecule has 1 aliphatic rings. The Morgan fingerprint density at radius 3 is 2.80 bits per heavy atom. The zero-order valence-corrected chi connectivity index (χ0v) is 18.5. The maximum absolute atomic E-state index is 14.8. The summed E-state index contributed by atoms with van der Waals surface area (Å²) in [6.45, 7) is 3.42. The van der Waals surface area contributed by atoms with Crippen LogP contribution >= 0.6 is 35.0 Å². The van der Waals surface area contributed by atoms with E-state index < -0.39 is 17.3 Å². The third-order valence-corrected chi connectivity index (χ3v) is 6.16. The predicted octanol–water partition coefficient (Wildman–Crippen LogP) is 4.71. The average Bonchev–Trinajstić information content (AvgIpc) is 2.67. The Morgan fingerprint density at radius 2 is 2.13 bits per heavy atom. The Bertz CT molecular complexity index is 1080. The molecule has 0 aliphatic carbocycles. The van der Waals surface area contributed by atoms with E-state index in [0.29, 0.717) is 17.1 Å². The summed E-state index contributed by atoms with van der Waals surface area (Å²) in [6.07, 6.45) is 1.68. The van der Waals surface area contributed by atoms with Crippen LogP contribution in [0, 0.1) is 5.82 Å². The molecule has 1 aromatic carbocycles. The van der Waals surface area contributed by atoms with Gasteiger partial charge in [-0.3, -0.25) is 9.79 Å². The number of amidine groups is 1. The minimum Gasteiger partial charge on any atom is -0.392 e. The van der Waals surface area contributed by atoms with Crippen molar-refractivity contribution in [3.05, 3.63) is 68.1 Å². The predicted molar refractivity (Wildman–Crippen MR) is 120 cm³/mol. The highest BCUT2D eigenvalue weighted by atomic mass is 35.5. The van der Waals surface area contributed by atoms with Crippen molar-refractivity contribution in [3.8, 4) is 0 Å². The molecule has 1 atom stereocenters. The number of nitrogens with one attached hydrogen (secondary N) is 1. The van der Waals surface area contributed by atoms with Crippen molar-refractivity contribution in [2.24, 2.45) is 10.7 Å². The zero-order valence-electron chi connectivity index (χ0n) is 16.2. The number of thioether (sulfide) groups is 1. The number of aliphatic hydroxyl groups is 1. The molecule has 0 saturated heterocycles. The summed E-state index contributed by atoms with van der Waals surface area (Å²) < 4.78 is 14.8. The average molecular weight is 469 g/mol. The van der Waals surface area contributed by atoms with Crippen molar-refractivity contribution in [1.29, 1.82) is 0 Å². The molecule has 3 rings (SSSR count). The number of halogens is 3. The summed E-state index contributed by atoms with van der Waals surface area (Å²) in [4.78, 5) is 21.8. The SMILES string of the molecule is C/C(CO)=C1\C[C@@](C)(c2cc(NC(=O)c3ncc(Cl)cc3Cl)ccc2F)N=C(N)S1. The zero-order chi connectivity index (χ0) is 22.1. The molecule has 1 aromatic heterocycles. The Morgan fingerprint density at radius 1 is 1.40 bits per heavy atom. The maximum Gasteiger partial charge on any atom is 0.275 e. The van der Waals surface area contributed by atoms with Crippen LogP contribution in [0.3, 0.4) is 0 Å². The molecule has 0 saturated carbocycles. The molecule has 2 heterocycles. The van der Waals surface area contributed by atoms with Crippen molar-refractivity contribution >= 4 is 51.7 Å². The van der Waals surface area contributed by atoms with E-state index in [2.05, 4.69) is 15.3 Å². The second-order valence-electron chi connectivity index (χ2n) is 7.00. The molecule has 0 bridgehead atoms. The number of benzene rings is 1. The number of amides is 1. The molecule has 30 heavy (non-hydrogen) atoms. The fraction of sp³-hybridized carbons (Fsp3) is 0.250. The lowest BCUT2D eigenvalue weighted by atomic mass is 9.87. The standard InChI is InChI=1S/C20H19Cl2FN4O2S/c1-10(9-28)16-7-20(2,27-19(24)30-16)13-6-12(3-4-15(13)23)26-18(29)17-14(22)5-11(21)8-25-17/h3-6,8,28H,7,9H2,1-2H3,(H2,24,27)(H,26,29)/b16-10-/t20-/m0/s1. The monoisotopic (exact) mass is 468 g/mol. The van der Waals surface area contributed by atoms with Crippen LogP contribution in [0.15, 0.2) is 45.9 Å². The molecule has 0 unspecified atom stereocenters. The first-order valence-electron chi connectivity index (χ1n) is 8.88. The highest BCUT2D eigenvalue weighted by Crippen LogP contribution is 2.43. The first-order chi connectivity index (χ1) is 14.1. The molecular formula is C20H19Cl2FN4O2S. The smallest absolute Gasteiger partial charge is 0.275 e. The second-order valence-corrected chi connectivity index (χ2v) is 8.96. The lowest BCUT2D eigenvalue weighted by molar-refractivity contribution is 0.102. The number of nitrogens with zero attached hydrogens (tertiary/aromatic N) is 2. The lowest BCUT2D eigenvalue weighted by Crippen LogP contribution is -2.29. The van der Waals surface area contributed by atoms with E-state index in [0.717, 1.165) is 10.5 Å². The summed E-state index contributed by atoms with van der Waals surface area (Å²) >= 11 is 13.1. The van der Waals surface area contributed by atoms with Crippen molar-refractivity contribution in [1.82, 2.24) is 4.98 Å². The Hall–Kier alpha value is -2.13. The second kappa shape index (κ2) is 8.93. The largest absolute Gasteiger partial charge is 0.392 e. The van der Waals surface area contributed by atoms with Crippen LogP contribution in [-0.2, 0) is 5.54 Å². The molecule has 2 aromatic rings. The van der Waals surface area contributed by atoms with Gasteiger partial charge in [0.05, 0.1) is 22.2 Å². The van der Waals surface area contributed by atoms with Crippen LogP contribution in [0.25, 0.3) is 0 Å². The summed E-state index contributed by atoms with van der Waals surface area (Å²) in [7, 11) is 0. The molecule has 0 spiro atoms. The normalized spacial score (nSPS) is 20.5. The number of aliphatic hydroxyl groups excluding tert-OH is 1.